The molecule has 0 aromatic heterocycles. The van der Waals surface area contributed by atoms with E-state index in [1.165, 1.54) is 19.1 Å². The molecule has 1 aliphatic rings. The molecule has 0 heterocycles. The Labute approximate surface area is 206 Å². The second kappa shape index (κ2) is 10.9. The lowest BCUT2D eigenvalue weighted by molar-refractivity contribution is -0.154. The van der Waals surface area contributed by atoms with Gasteiger partial charge in [-0.05, 0) is 34.1 Å². The molecular weight excluding hydrogens is 448 g/mol. The lowest BCUT2D eigenvalue weighted by atomic mass is 9.87. The summed E-state index contributed by atoms with van der Waals surface area (Å²) in [5.41, 5.74) is 4.18. The molecule has 0 saturated heterocycles. The van der Waals surface area contributed by atoms with Crippen LogP contribution in [0.3, 0.4) is 0 Å². The van der Waals surface area contributed by atoms with E-state index in [-0.39, 0.29) is 30.9 Å². The molecule has 2 unspecified atom stereocenters. The fraction of sp³-hybridized carbons (Fsp3) is 0.444. The molecule has 0 saturated carbocycles. The summed E-state index contributed by atoms with van der Waals surface area (Å²) in [7, 11) is 2.78. The number of hydrogen-bond acceptors (Lipinski definition) is 5. The Kier molecular flexibility index (Phi) is 8.17. The van der Waals surface area contributed by atoms with Gasteiger partial charge >= 0.3 is 12.1 Å². The number of alkyl carbamates (subject to hydrolysis) is 1. The third kappa shape index (κ3) is 6.19. The fourth-order valence-electron chi connectivity index (χ4n) is 4.45. The minimum atomic E-state index is -1.09. The van der Waals surface area contributed by atoms with Gasteiger partial charge in [0.05, 0.1) is 6.54 Å². The second-order valence-corrected chi connectivity index (χ2v) is 10.00. The smallest absolute Gasteiger partial charge is 0.407 e. The number of hydrogen-bond donors (Lipinski definition) is 2. The Morgan fingerprint density at radius 2 is 1.57 bits per heavy atom. The quantitative estimate of drug-likeness (QED) is 0.562. The average Bonchev–Trinajstić information content (AvgIpc) is 3.14. The monoisotopic (exact) mass is 482 g/mol. The van der Waals surface area contributed by atoms with Gasteiger partial charge in [-0.2, -0.15) is 0 Å². The molecule has 8 heteroatoms. The number of aliphatic carboxylic acids is 1. The van der Waals surface area contributed by atoms with Crippen molar-refractivity contribution >= 4 is 18.0 Å². The number of likely N-dealkylation sites (N-methyl/N-ethyl adjacent to an activating group) is 1. The van der Waals surface area contributed by atoms with Crippen molar-refractivity contribution in [2.75, 3.05) is 27.3 Å². The van der Waals surface area contributed by atoms with Gasteiger partial charge < -0.3 is 24.8 Å². The number of carbonyl (C=O) groups excluding carboxylic acids is 2. The van der Waals surface area contributed by atoms with Gasteiger partial charge in [-0.3, -0.25) is 4.79 Å². The number of methoxy groups -OCH3 is 1. The van der Waals surface area contributed by atoms with Crippen LogP contribution in [-0.4, -0.2) is 67.4 Å². The Morgan fingerprint density at radius 1 is 1.03 bits per heavy atom. The number of rotatable bonds is 9. The van der Waals surface area contributed by atoms with E-state index in [4.69, 9.17) is 9.47 Å². The van der Waals surface area contributed by atoms with Crippen molar-refractivity contribution in [3.8, 4) is 11.1 Å². The number of carbonyl (C=O) groups is 3. The van der Waals surface area contributed by atoms with E-state index in [0.717, 1.165) is 22.3 Å². The predicted molar refractivity (Wildman–Crippen MR) is 132 cm³/mol. The highest BCUT2D eigenvalue weighted by atomic mass is 16.5. The number of carboxylic acids is 1. The summed E-state index contributed by atoms with van der Waals surface area (Å²) in [6.45, 7) is 5.74. The first kappa shape index (κ1) is 26.2. The maximum Gasteiger partial charge on any atom is 0.407 e. The van der Waals surface area contributed by atoms with Gasteiger partial charge in [0, 0.05) is 20.1 Å². The SMILES string of the molecule is COC(CNC(=O)OCC1c2ccccc2-c2ccccc21)C(=O)N(C)C(CC(C)(C)C)C(=O)O. The summed E-state index contributed by atoms with van der Waals surface area (Å²) >= 11 is 0. The van der Waals surface area contributed by atoms with E-state index in [9.17, 15) is 19.5 Å². The van der Waals surface area contributed by atoms with Crippen LogP contribution in [0, 0.1) is 5.41 Å². The van der Waals surface area contributed by atoms with Crippen LogP contribution in [0.25, 0.3) is 11.1 Å². The van der Waals surface area contributed by atoms with Gasteiger partial charge in [-0.25, -0.2) is 9.59 Å². The predicted octanol–water partition coefficient (Wildman–Crippen LogP) is 3.89. The zero-order chi connectivity index (χ0) is 25.8. The number of nitrogens with zero attached hydrogens (tertiary/aromatic N) is 1. The van der Waals surface area contributed by atoms with Crippen molar-refractivity contribution < 1.29 is 29.0 Å². The normalized spacial score (nSPS) is 14.4. The molecule has 2 aromatic rings. The van der Waals surface area contributed by atoms with Crippen LogP contribution in [0.15, 0.2) is 48.5 Å². The Hall–Kier alpha value is -3.39. The Morgan fingerprint density at radius 3 is 2.06 bits per heavy atom. The minimum absolute atomic E-state index is 0.0761. The number of benzene rings is 2. The van der Waals surface area contributed by atoms with Crippen molar-refractivity contribution in [2.45, 2.75) is 45.3 Å². The molecule has 2 aromatic carbocycles. The molecule has 0 spiro atoms. The van der Waals surface area contributed by atoms with E-state index >= 15 is 0 Å². The van der Waals surface area contributed by atoms with E-state index in [1.54, 1.807) is 0 Å². The van der Waals surface area contributed by atoms with Crippen molar-refractivity contribution in [1.29, 1.82) is 0 Å². The number of fused-ring (bicyclic) bond motifs is 3. The molecule has 2 amide bonds. The zero-order valence-electron chi connectivity index (χ0n) is 20.9. The second-order valence-electron chi connectivity index (χ2n) is 10.00. The maximum absolute atomic E-state index is 12.9. The average molecular weight is 483 g/mol. The summed E-state index contributed by atoms with van der Waals surface area (Å²) in [6, 6.07) is 15.1. The zero-order valence-corrected chi connectivity index (χ0v) is 20.9. The van der Waals surface area contributed by atoms with Crippen LogP contribution in [0.4, 0.5) is 4.79 Å². The first-order valence-electron chi connectivity index (χ1n) is 11.6. The number of ether oxygens (including phenoxy) is 2. The van der Waals surface area contributed by atoms with Crippen LogP contribution < -0.4 is 5.32 Å². The highest BCUT2D eigenvalue weighted by Gasteiger charge is 2.34. The van der Waals surface area contributed by atoms with Gasteiger partial charge in [0.25, 0.3) is 5.91 Å². The summed E-state index contributed by atoms with van der Waals surface area (Å²) in [5.74, 6) is -1.69. The molecule has 0 bridgehead atoms. The molecule has 0 aliphatic heterocycles. The molecular formula is C27H34N2O6. The largest absolute Gasteiger partial charge is 0.480 e. The summed E-state index contributed by atoms with van der Waals surface area (Å²) in [4.78, 5) is 38.3. The lowest BCUT2D eigenvalue weighted by Gasteiger charge is -2.32. The van der Waals surface area contributed by atoms with Crippen molar-refractivity contribution in [3.63, 3.8) is 0 Å². The summed E-state index contributed by atoms with van der Waals surface area (Å²) in [5, 5.41) is 12.2. The highest BCUT2D eigenvalue weighted by Crippen LogP contribution is 2.44. The lowest BCUT2D eigenvalue weighted by Crippen LogP contribution is -2.51. The third-order valence-electron chi connectivity index (χ3n) is 6.24. The molecule has 35 heavy (non-hydrogen) atoms. The fourth-order valence-corrected chi connectivity index (χ4v) is 4.45. The van der Waals surface area contributed by atoms with E-state index in [2.05, 4.69) is 17.4 Å². The third-order valence-corrected chi connectivity index (χ3v) is 6.24. The molecule has 3 rings (SSSR count). The topological polar surface area (TPSA) is 105 Å². The highest BCUT2D eigenvalue weighted by molar-refractivity contribution is 5.87. The van der Waals surface area contributed by atoms with Crippen LogP contribution in [0.2, 0.25) is 0 Å². The van der Waals surface area contributed by atoms with Gasteiger partial charge in [-0.15, -0.1) is 0 Å². The molecule has 2 N–H and O–H groups in total. The van der Waals surface area contributed by atoms with Crippen molar-refractivity contribution in [1.82, 2.24) is 10.2 Å². The first-order chi connectivity index (χ1) is 16.5. The molecule has 1 aliphatic carbocycles. The van der Waals surface area contributed by atoms with Gasteiger partial charge in [0.15, 0.2) is 6.10 Å². The van der Waals surface area contributed by atoms with Gasteiger partial charge in [0.1, 0.15) is 12.6 Å². The van der Waals surface area contributed by atoms with E-state index in [0.29, 0.717) is 0 Å². The van der Waals surface area contributed by atoms with Crippen molar-refractivity contribution in [3.05, 3.63) is 59.7 Å². The van der Waals surface area contributed by atoms with Crippen LogP contribution in [-0.2, 0) is 19.1 Å². The van der Waals surface area contributed by atoms with E-state index < -0.39 is 30.1 Å². The maximum atomic E-state index is 12.9. The summed E-state index contributed by atoms with van der Waals surface area (Å²) < 4.78 is 10.8. The molecule has 0 radical (unpaired) electrons. The number of carboxylic acid groups (broad SMARTS) is 1. The van der Waals surface area contributed by atoms with Gasteiger partial charge in [-0.1, -0.05) is 69.3 Å². The summed E-state index contributed by atoms with van der Waals surface area (Å²) in [6.07, 6.45) is -1.43. The van der Waals surface area contributed by atoms with Crippen LogP contribution >= 0.6 is 0 Å². The van der Waals surface area contributed by atoms with Crippen LogP contribution in [0.5, 0.6) is 0 Å². The standard InChI is InChI=1S/C27H34N2O6/c1-27(2,3)14-22(25(31)32)29(4)24(30)23(34-5)15-28-26(33)35-16-21-19-12-8-6-10-17(19)18-11-7-9-13-20(18)21/h6-13,21-23H,14-16H2,1-5H3,(H,28,33)(H,31,32). The minimum Gasteiger partial charge on any atom is -0.480 e. The molecule has 188 valence electrons. The van der Waals surface area contributed by atoms with E-state index in [1.807, 2.05) is 57.2 Å². The number of nitrogens with one attached hydrogen (secondary N) is 1. The first-order valence-corrected chi connectivity index (χ1v) is 11.6. The molecule has 2 atom stereocenters. The number of amides is 2. The van der Waals surface area contributed by atoms with Gasteiger partial charge in [0.2, 0.25) is 0 Å². The van der Waals surface area contributed by atoms with Crippen molar-refractivity contribution in [2.24, 2.45) is 5.41 Å². The Balaban J connectivity index is 1.59. The molecule has 8 nitrogen and oxygen atoms in total. The Bertz CT molecular complexity index is 1030. The van der Waals surface area contributed by atoms with Crippen LogP contribution in [0.1, 0.15) is 44.2 Å². The molecule has 0 fully saturated rings.